The van der Waals surface area contributed by atoms with E-state index in [1.165, 1.54) is 4.90 Å². The molecule has 1 spiro atoms. The number of fused-ring (bicyclic) bond motifs is 1. The highest BCUT2D eigenvalue weighted by molar-refractivity contribution is 9.09. The van der Waals surface area contributed by atoms with Gasteiger partial charge in [-0.3, -0.25) is 14.4 Å². The number of alkyl halides is 1. The Morgan fingerprint density at radius 1 is 1.32 bits per heavy atom. The summed E-state index contributed by atoms with van der Waals surface area (Å²) in [4.78, 5) is 44.7. The number of aliphatic hydroxyl groups excluding tert-OH is 1. The highest BCUT2D eigenvalue weighted by atomic mass is 79.9. The Hall–Kier alpha value is -2.23. The molecule has 0 saturated carbocycles. The van der Waals surface area contributed by atoms with Crippen molar-refractivity contribution in [2.75, 3.05) is 26.3 Å². The van der Waals surface area contributed by atoms with Gasteiger partial charge in [0.1, 0.15) is 11.6 Å². The number of halogens is 1. The van der Waals surface area contributed by atoms with Gasteiger partial charge in [-0.2, -0.15) is 0 Å². The fraction of sp³-hybridized carbons (Fsp3) is 0.607. The van der Waals surface area contributed by atoms with Gasteiger partial charge in [-0.1, -0.05) is 72.1 Å². The summed E-state index contributed by atoms with van der Waals surface area (Å²) in [5.74, 6) is -2.78. The van der Waals surface area contributed by atoms with E-state index < -0.39 is 41.6 Å². The number of hydrogen-bond acceptors (Lipinski definition) is 6. The Kier molecular flexibility index (Phi) is 8.76. The number of likely N-dealkylation sites (tertiary alicyclic amines) is 1. The molecule has 2 bridgehead atoms. The van der Waals surface area contributed by atoms with Crippen molar-refractivity contribution in [3.8, 4) is 0 Å². The maximum absolute atomic E-state index is 14.4. The molecule has 0 aromatic heterocycles. The molecule has 0 radical (unpaired) electrons. The Morgan fingerprint density at radius 2 is 2.05 bits per heavy atom. The smallest absolute Gasteiger partial charge is 0.312 e. The van der Waals surface area contributed by atoms with Gasteiger partial charge in [-0.15, -0.1) is 6.58 Å². The van der Waals surface area contributed by atoms with Crippen LogP contribution in [-0.4, -0.2) is 81.6 Å². The first-order valence-electron chi connectivity index (χ1n) is 13.2. The molecule has 3 saturated heterocycles. The molecule has 3 fully saturated rings. The molecule has 1 N–H and O–H groups in total. The van der Waals surface area contributed by atoms with Crippen LogP contribution < -0.4 is 0 Å². The van der Waals surface area contributed by atoms with E-state index in [-0.39, 0.29) is 29.9 Å². The summed E-state index contributed by atoms with van der Waals surface area (Å²) >= 11 is 3.67. The summed E-state index contributed by atoms with van der Waals surface area (Å²) in [5.41, 5.74) is -0.483. The number of aliphatic hydroxyl groups is 1. The predicted octanol–water partition coefficient (Wildman–Crippen LogP) is 3.24. The van der Waals surface area contributed by atoms with E-state index >= 15 is 0 Å². The van der Waals surface area contributed by atoms with Crippen LogP contribution in [0.2, 0.25) is 0 Å². The molecule has 1 unspecified atom stereocenters. The van der Waals surface area contributed by atoms with Gasteiger partial charge in [-0.25, -0.2) is 0 Å². The Bertz CT molecular complexity index is 1010. The maximum Gasteiger partial charge on any atom is 0.312 e. The highest BCUT2D eigenvalue weighted by Gasteiger charge is 2.77. The summed E-state index contributed by atoms with van der Waals surface area (Å²) in [7, 11) is 0. The second-order valence-corrected chi connectivity index (χ2v) is 11.2. The quantitative estimate of drug-likeness (QED) is 0.177. The first kappa shape index (κ1) is 27.8. The summed E-state index contributed by atoms with van der Waals surface area (Å²) in [6.07, 6.45) is 4.32. The minimum Gasteiger partial charge on any atom is -0.466 e. The minimum absolute atomic E-state index is 0.183. The van der Waals surface area contributed by atoms with Gasteiger partial charge in [0.25, 0.3) is 0 Å². The van der Waals surface area contributed by atoms with E-state index in [1.54, 1.807) is 17.9 Å². The highest BCUT2D eigenvalue weighted by Crippen LogP contribution is 2.61. The van der Waals surface area contributed by atoms with E-state index in [1.807, 2.05) is 30.3 Å². The van der Waals surface area contributed by atoms with Crippen LogP contribution in [0.5, 0.6) is 0 Å². The van der Waals surface area contributed by atoms with E-state index in [0.29, 0.717) is 25.1 Å². The SMILES string of the molecule is C=CCN(CCCCC)C(=O)[C@@H]1N([C@H](CO)c2ccccc2)C(=O)[C@H]2[C@H](C(=O)OCC)[C@H]3O[C@@]12CC3Br. The second-order valence-electron chi connectivity index (χ2n) is 10.1. The molecule has 1 aromatic carbocycles. The first-order valence-corrected chi connectivity index (χ1v) is 14.1. The molecule has 3 aliphatic heterocycles. The topological polar surface area (TPSA) is 96.4 Å². The molecule has 2 amide bonds. The van der Waals surface area contributed by atoms with Crippen LogP contribution in [-0.2, 0) is 23.9 Å². The monoisotopic (exact) mass is 576 g/mol. The van der Waals surface area contributed by atoms with Crippen molar-refractivity contribution in [1.82, 2.24) is 9.80 Å². The zero-order valence-corrected chi connectivity index (χ0v) is 23.1. The molecule has 4 rings (SSSR count). The molecule has 0 aliphatic carbocycles. The van der Waals surface area contributed by atoms with Crippen LogP contribution in [0.3, 0.4) is 0 Å². The lowest BCUT2D eigenvalue weighted by molar-refractivity contribution is -0.156. The lowest BCUT2D eigenvalue weighted by Crippen LogP contribution is -2.57. The van der Waals surface area contributed by atoms with Gasteiger partial charge in [0.15, 0.2) is 0 Å². The van der Waals surface area contributed by atoms with Crippen LogP contribution >= 0.6 is 15.9 Å². The Morgan fingerprint density at radius 3 is 2.68 bits per heavy atom. The predicted molar refractivity (Wildman–Crippen MR) is 142 cm³/mol. The maximum atomic E-state index is 14.4. The van der Waals surface area contributed by atoms with Gasteiger partial charge in [-0.05, 0) is 25.3 Å². The number of hydrogen-bond donors (Lipinski definition) is 1. The Labute approximate surface area is 227 Å². The van der Waals surface area contributed by atoms with Gasteiger partial charge < -0.3 is 24.4 Å². The standard InChI is InChI=1S/C28H37BrN2O6/c1-4-7-11-15-30(14-5-2)26(34)24-28-16-19(29)23(37-28)21(27(35)36-6-3)22(28)25(33)31(24)20(17-32)18-12-9-8-10-13-18/h5,8-10,12-13,19-24,32H,2,4,6-7,11,14-17H2,1,3H3/t19?,20-,21+,22-,23+,24+,28-/m1/s1. The van der Waals surface area contributed by atoms with Gasteiger partial charge >= 0.3 is 5.97 Å². The zero-order chi connectivity index (χ0) is 26.7. The van der Waals surface area contributed by atoms with E-state index in [9.17, 15) is 19.5 Å². The third-order valence-electron chi connectivity index (χ3n) is 7.91. The number of unbranched alkanes of at least 4 members (excludes halogenated alkanes) is 2. The van der Waals surface area contributed by atoms with Gasteiger partial charge in [0, 0.05) is 17.9 Å². The van der Waals surface area contributed by atoms with E-state index in [4.69, 9.17) is 9.47 Å². The van der Waals surface area contributed by atoms with Crippen LogP contribution in [0, 0.1) is 11.8 Å². The third kappa shape index (κ3) is 4.74. The number of carbonyl (C=O) groups excluding carboxylic acids is 3. The van der Waals surface area contributed by atoms with E-state index in [0.717, 1.165) is 19.3 Å². The molecular formula is C28H37BrN2O6. The number of esters is 1. The van der Waals surface area contributed by atoms with Crippen molar-refractivity contribution in [2.24, 2.45) is 11.8 Å². The van der Waals surface area contributed by atoms with Crippen molar-refractivity contribution in [3.63, 3.8) is 0 Å². The van der Waals surface area contributed by atoms with Gasteiger partial charge in [0.2, 0.25) is 11.8 Å². The molecule has 7 atom stereocenters. The number of nitrogens with zero attached hydrogens (tertiary/aromatic N) is 2. The molecule has 3 aliphatic rings. The fourth-order valence-corrected chi connectivity index (χ4v) is 7.34. The number of benzene rings is 1. The molecule has 8 nitrogen and oxygen atoms in total. The number of carbonyl (C=O) groups is 3. The molecule has 3 heterocycles. The molecular weight excluding hydrogens is 540 g/mol. The van der Waals surface area contributed by atoms with Crippen molar-refractivity contribution in [3.05, 3.63) is 48.6 Å². The lowest BCUT2D eigenvalue weighted by Gasteiger charge is -2.39. The Balaban J connectivity index is 1.82. The lowest BCUT2D eigenvalue weighted by atomic mass is 9.70. The fourth-order valence-electron chi connectivity index (χ4n) is 6.39. The number of ether oxygens (including phenoxy) is 2. The summed E-state index contributed by atoms with van der Waals surface area (Å²) < 4.78 is 11.9. The number of rotatable bonds is 12. The molecule has 37 heavy (non-hydrogen) atoms. The minimum atomic E-state index is -1.20. The third-order valence-corrected chi connectivity index (χ3v) is 8.75. The molecule has 202 valence electrons. The average molecular weight is 578 g/mol. The van der Waals surface area contributed by atoms with E-state index in [2.05, 4.69) is 29.4 Å². The largest absolute Gasteiger partial charge is 0.466 e. The summed E-state index contributed by atoms with van der Waals surface area (Å²) in [6.45, 7) is 8.33. The summed E-state index contributed by atoms with van der Waals surface area (Å²) in [6, 6.07) is 7.44. The second kappa shape index (κ2) is 11.7. The van der Waals surface area contributed by atoms with Crippen molar-refractivity contribution in [1.29, 1.82) is 0 Å². The van der Waals surface area contributed by atoms with Crippen molar-refractivity contribution < 1.29 is 29.0 Å². The first-order chi connectivity index (χ1) is 17.9. The van der Waals surface area contributed by atoms with Crippen LogP contribution in [0.25, 0.3) is 0 Å². The summed E-state index contributed by atoms with van der Waals surface area (Å²) in [5, 5.41) is 10.5. The molecule has 1 aromatic rings. The molecule has 9 heteroatoms. The van der Waals surface area contributed by atoms with Crippen molar-refractivity contribution in [2.45, 2.75) is 68.1 Å². The van der Waals surface area contributed by atoms with Crippen LogP contribution in [0.15, 0.2) is 43.0 Å². The zero-order valence-electron chi connectivity index (χ0n) is 21.6. The van der Waals surface area contributed by atoms with Crippen LogP contribution in [0.4, 0.5) is 0 Å². The van der Waals surface area contributed by atoms with Crippen LogP contribution in [0.1, 0.15) is 51.1 Å². The normalized spacial score (nSPS) is 30.8. The number of amides is 2. The van der Waals surface area contributed by atoms with Crippen molar-refractivity contribution >= 4 is 33.7 Å². The van der Waals surface area contributed by atoms with Gasteiger partial charge in [0.05, 0.1) is 37.2 Å². The average Bonchev–Trinajstić information content (AvgIpc) is 3.48.